The van der Waals surface area contributed by atoms with Crippen molar-refractivity contribution in [1.29, 1.82) is 0 Å². The summed E-state index contributed by atoms with van der Waals surface area (Å²) in [4.78, 5) is 14.7. The predicted octanol–water partition coefficient (Wildman–Crippen LogP) is 1.34. The van der Waals surface area contributed by atoms with Crippen LogP contribution >= 0.6 is 12.4 Å². The molecule has 0 saturated carbocycles. The van der Waals surface area contributed by atoms with Crippen LogP contribution in [-0.2, 0) is 14.8 Å². The molecule has 2 fully saturated rings. The molecule has 1 aromatic rings. The van der Waals surface area contributed by atoms with Crippen LogP contribution in [0.4, 0.5) is 0 Å². The highest BCUT2D eigenvalue weighted by Crippen LogP contribution is 2.22. The fraction of sp³-hybridized carbons (Fsp3) is 0.611. The third-order valence-electron chi connectivity index (χ3n) is 4.73. The summed E-state index contributed by atoms with van der Waals surface area (Å²) in [7, 11) is -3.65. The molecule has 2 saturated heterocycles. The Morgan fingerprint density at radius 3 is 2.56 bits per heavy atom. The molecule has 152 valence electrons. The standard InChI is InChI=1S/C18H27N3O4S.ClH/c1-14-12-21(13-15(2)25-14)26(23,24)17-6-3-5-16(11-17)18(22)20-9-4-7-19-8-10-20;/h3,5-6,11,14-15,19H,4,7-10,12-13H2,1-2H3;1H. The molecule has 2 heterocycles. The summed E-state index contributed by atoms with van der Waals surface area (Å²) in [6.45, 7) is 7.34. The molecule has 2 aliphatic heterocycles. The van der Waals surface area contributed by atoms with E-state index in [1.807, 2.05) is 13.8 Å². The lowest BCUT2D eigenvalue weighted by molar-refractivity contribution is -0.0440. The van der Waals surface area contributed by atoms with Crippen molar-refractivity contribution in [2.45, 2.75) is 37.4 Å². The molecule has 1 aromatic carbocycles. The van der Waals surface area contributed by atoms with E-state index in [0.717, 1.165) is 19.5 Å². The number of ether oxygens (including phenoxy) is 1. The molecule has 27 heavy (non-hydrogen) atoms. The number of hydrogen-bond acceptors (Lipinski definition) is 5. The summed E-state index contributed by atoms with van der Waals surface area (Å²) >= 11 is 0. The van der Waals surface area contributed by atoms with Crippen LogP contribution in [0.5, 0.6) is 0 Å². The van der Waals surface area contributed by atoms with Gasteiger partial charge in [0.15, 0.2) is 0 Å². The van der Waals surface area contributed by atoms with Crippen molar-refractivity contribution in [3.05, 3.63) is 29.8 Å². The first-order valence-electron chi connectivity index (χ1n) is 9.13. The summed E-state index contributed by atoms with van der Waals surface area (Å²) in [6, 6.07) is 6.38. The highest BCUT2D eigenvalue weighted by molar-refractivity contribution is 7.89. The molecule has 0 spiro atoms. The van der Waals surface area contributed by atoms with Crippen LogP contribution in [0.1, 0.15) is 30.6 Å². The van der Waals surface area contributed by atoms with Crippen molar-refractivity contribution in [1.82, 2.24) is 14.5 Å². The number of nitrogens with zero attached hydrogens (tertiary/aromatic N) is 2. The molecule has 2 aliphatic rings. The topological polar surface area (TPSA) is 79.0 Å². The first-order chi connectivity index (χ1) is 12.4. The fourth-order valence-corrected chi connectivity index (χ4v) is 5.13. The lowest BCUT2D eigenvalue weighted by Crippen LogP contribution is -2.48. The van der Waals surface area contributed by atoms with Gasteiger partial charge in [-0.1, -0.05) is 6.07 Å². The van der Waals surface area contributed by atoms with Crippen LogP contribution in [0.15, 0.2) is 29.2 Å². The van der Waals surface area contributed by atoms with Crippen LogP contribution in [-0.4, -0.2) is 75.0 Å². The van der Waals surface area contributed by atoms with Crippen LogP contribution in [0.25, 0.3) is 0 Å². The zero-order valence-corrected chi connectivity index (χ0v) is 17.4. The third kappa shape index (κ3) is 5.20. The Labute approximate surface area is 167 Å². The number of morpholine rings is 1. The number of carbonyl (C=O) groups is 1. The van der Waals surface area contributed by atoms with Crippen molar-refractivity contribution in [3.8, 4) is 0 Å². The van der Waals surface area contributed by atoms with Crippen molar-refractivity contribution in [2.75, 3.05) is 39.3 Å². The molecule has 2 atom stereocenters. The van der Waals surface area contributed by atoms with Crippen LogP contribution in [0, 0.1) is 0 Å². The first kappa shape index (κ1) is 22.1. The maximum atomic E-state index is 13.0. The summed E-state index contributed by atoms with van der Waals surface area (Å²) in [5, 5.41) is 3.26. The number of sulfonamides is 1. The average molecular weight is 418 g/mol. The van der Waals surface area contributed by atoms with Gasteiger partial charge in [-0.05, 0) is 45.0 Å². The van der Waals surface area contributed by atoms with Gasteiger partial charge in [0.05, 0.1) is 17.1 Å². The van der Waals surface area contributed by atoms with E-state index in [9.17, 15) is 13.2 Å². The van der Waals surface area contributed by atoms with Gasteiger partial charge in [0.25, 0.3) is 5.91 Å². The summed E-state index contributed by atoms with van der Waals surface area (Å²) in [6.07, 6.45) is 0.596. The molecule has 1 amide bonds. The van der Waals surface area contributed by atoms with Gasteiger partial charge >= 0.3 is 0 Å². The van der Waals surface area contributed by atoms with E-state index in [1.54, 1.807) is 23.1 Å². The van der Waals surface area contributed by atoms with E-state index in [4.69, 9.17) is 4.74 Å². The molecule has 0 bridgehead atoms. The largest absolute Gasteiger partial charge is 0.373 e. The number of halogens is 1. The van der Waals surface area contributed by atoms with Gasteiger partial charge in [-0.3, -0.25) is 4.79 Å². The lowest BCUT2D eigenvalue weighted by atomic mass is 10.2. The average Bonchev–Trinajstić information content (AvgIpc) is 2.90. The molecular weight excluding hydrogens is 390 g/mol. The number of amides is 1. The smallest absolute Gasteiger partial charge is 0.253 e. The van der Waals surface area contributed by atoms with Crippen molar-refractivity contribution < 1.29 is 17.9 Å². The molecule has 0 aliphatic carbocycles. The van der Waals surface area contributed by atoms with E-state index < -0.39 is 10.0 Å². The maximum absolute atomic E-state index is 13.0. The molecule has 0 aromatic heterocycles. The fourth-order valence-electron chi connectivity index (χ4n) is 3.50. The molecular formula is C18H28ClN3O4S. The van der Waals surface area contributed by atoms with E-state index in [1.165, 1.54) is 10.4 Å². The van der Waals surface area contributed by atoms with E-state index >= 15 is 0 Å². The number of rotatable bonds is 3. The Hall–Kier alpha value is -1.19. The number of hydrogen-bond donors (Lipinski definition) is 1. The van der Waals surface area contributed by atoms with Crippen molar-refractivity contribution >= 4 is 28.3 Å². The second-order valence-electron chi connectivity index (χ2n) is 7.00. The van der Waals surface area contributed by atoms with Gasteiger partial charge in [0.2, 0.25) is 10.0 Å². The number of nitrogens with one attached hydrogen (secondary N) is 1. The summed E-state index contributed by atoms with van der Waals surface area (Å²) in [5.74, 6) is -0.116. The normalized spacial score (nSPS) is 24.7. The minimum absolute atomic E-state index is 0. The Morgan fingerprint density at radius 2 is 1.85 bits per heavy atom. The van der Waals surface area contributed by atoms with Crippen molar-refractivity contribution in [3.63, 3.8) is 0 Å². The van der Waals surface area contributed by atoms with Crippen LogP contribution < -0.4 is 5.32 Å². The van der Waals surface area contributed by atoms with Gasteiger partial charge in [0.1, 0.15) is 0 Å². The molecule has 3 rings (SSSR count). The summed E-state index contributed by atoms with van der Waals surface area (Å²) in [5.41, 5.74) is 0.419. The van der Waals surface area contributed by atoms with Gasteiger partial charge in [-0.15, -0.1) is 12.4 Å². The minimum atomic E-state index is -3.65. The van der Waals surface area contributed by atoms with Crippen LogP contribution in [0.2, 0.25) is 0 Å². The lowest BCUT2D eigenvalue weighted by Gasteiger charge is -2.34. The minimum Gasteiger partial charge on any atom is -0.373 e. The monoisotopic (exact) mass is 417 g/mol. The van der Waals surface area contributed by atoms with E-state index in [0.29, 0.717) is 31.7 Å². The molecule has 1 N–H and O–H groups in total. The quantitative estimate of drug-likeness (QED) is 0.802. The van der Waals surface area contributed by atoms with Gasteiger partial charge in [0, 0.05) is 38.3 Å². The van der Waals surface area contributed by atoms with Crippen molar-refractivity contribution in [2.24, 2.45) is 0 Å². The second kappa shape index (κ2) is 9.34. The predicted molar refractivity (Wildman–Crippen MR) is 106 cm³/mol. The second-order valence-corrected chi connectivity index (χ2v) is 8.94. The van der Waals surface area contributed by atoms with Gasteiger partial charge in [-0.25, -0.2) is 8.42 Å². The Kier molecular flexibility index (Phi) is 7.64. The SMILES string of the molecule is CC1CN(S(=O)(=O)c2cccc(C(=O)N3CCCNCC3)c2)CC(C)O1.Cl. The first-order valence-corrected chi connectivity index (χ1v) is 10.6. The zero-order chi connectivity index (χ0) is 18.7. The third-order valence-corrected chi connectivity index (χ3v) is 6.56. The maximum Gasteiger partial charge on any atom is 0.253 e. The Balaban J connectivity index is 0.00000261. The Bertz CT molecular complexity index is 741. The molecule has 2 unspecified atom stereocenters. The molecule has 9 heteroatoms. The highest BCUT2D eigenvalue weighted by Gasteiger charge is 2.32. The molecule has 7 nitrogen and oxygen atoms in total. The van der Waals surface area contributed by atoms with E-state index in [-0.39, 0.29) is 35.4 Å². The number of benzene rings is 1. The van der Waals surface area contributed by atoms with E-state index in [2.05, 4.69) is 5.32 Å². The molecule has 0 radical (unpaired) electrons. The van der Waals surface area contributed by atoms with Gasteiger partial charge < -0.3 is 15.0 Å². The Morgan fingerprint density at radius 1 is 1.15 bits per heavy atom. The number of carbonyl (C=O) groups excluding carboxylic acids is 1. The van der Waals surface area contributed by atoms with Gasteiger partial charge in [-0.2, -0.15) is 4.31 Å². The summed E-state index contributed by atoms with van der Waals surface area (Å²) < 4.78 is 33.1. The van der Waals surface area contributed by atoms with Crippen LogP contribution in [0.3, 0.4) is 0 Å². The zero-order valence-electron chi connectivity index (χ0n) is 15.8. The highest BCUT2D eigenvalue weighted by atomic mass is 35.5.